The molecule has 0 unspecified atom stereocenters. The molecule has 2 aromatic carbocycles. The molecule has 0 aliphatic heterocycles. The van der Waals surface area contributed by atoms with Gasteiger partial charge in [0.2, 0.25) is 0 Å². The molecule has 0 heterocycles. The molecule has 0 amide bonds. The van der Waals surface area contributed by atoms with E-state index in [0.29, 0.717) is 17.1 Å². The third-order valence-corrected chi connectivity index (χ3v) is 3.85. The molecule has 0 fully saturated rings. The number of benzene rings is 2. The predicted octanol–water partition coefficient (Wildman–Crippen LogP) is 4.98. The standard InChI is InChI=1S/C15H15BrClNO/c1-2-10-8-11(16)6-7-14(10)18-9-12-13(17)4-3-5-15(12)19/h3-8,18-19H,2,9H2,1H3. The molecule has 0 bridgehead atoms. The summed E-state index contributed by atoms with van der Waals surface area (Å²) in [7, 11) is 0. The van der Waals surface area contributed by atoms with Crippen LogP contribution in [0.1, 0.15) is 18.1 Å². The molecule has 100 valence electrons. The number of hydrogen-bond donors (Lipinski definition) is 2. The molecule has 2 nitrogen and oxygen atoms in total. The van der Waals surface area contributed by atoms with Gasteiger partial charge in [-0.25, -0.2) is 0 Å². The zero-order valence-electron chi connectivity index (χ0n) is 10.6. The SMILES string of the molecule is CCc1cc(Br)ccc1NCc1c(O)cccc1Cl. The lowest BCUT2D eigenvalue weighted by Gasteiger charge is -2.13. The van der Waals surface area contributed by atoms with Gasteiger partial charge in [0.1, 0.15) is 5.75 Å². The van der Waals surface area contributed by atoms with Crippen LogP contribution in [0.15, 0.2) is 40.9 Å². The van der Waals surface area contributed by atoms with Crippen molar-refractivity contribution in [3.63, 3.8) is 0 Å². The summed E-state index contributed by atoms with van der Waals surface area (Å²) >= 11 is 9.55. The maximum absolute atomic E-state index is 9.81. The Morgan fingerprint density at radius 2 is 2.05 bits per heavy atom. The Balaban J connectivity index is 2.19. The minimum atomic E-state index is 0.218. The summed E-state index contributed by atoms with van der Waals surface area (Å²) in [6.07, 6.45) is 0.941. The summed E-state index contributed by atoms with van der Waals surface area (Å²) in [5.74, 6) is 0.218. The fourth-order valence-electron chi connectivity index (χ4n) is 1.93. The van der Waals surface area contributed by atoms with E-state index >= 15 is 0 Å². The fraction of sp³-hybridized carbons (Fsp3) is 0.200. The smallest absolute Gasteiger partial charge is 0.122 e. The van der Waals surface area contributed by atoms with E-state index in [0.717, 1.165) is 16.6 Å². The molecule has 0 saturated carbocycles. The minimum Gasteiger partial charge on any atom is -0.508 e. The Kier molecular flexibility index (Phi) is 4.72. The number of halogens is 2. The lowest BCUT2D eigenvalue weighted by molar-refractivity contribution is 0.469. The largest absolute Gasteiger partial charge is 0.508 e. The van der Waals surface area contributed by atoms with Crippen molar-refractivity contribution in [2.75, 3.05) is 5.32 Å². The Hall–Kier alpha value is -1.19. The average Bonchev–Trinajstić information content (AvgIpc) is 2.39. The number of anilines is 1. The van der Waals surface area contributed by atoms with Crippen molar-refractivity contribution in [2.24, 2.45) is 0 Å². The van der Waals surface area contributed by atoms with Crippen LogP contribution in [0.4, 0.5) is 5.69 Å². The van der Waals surface area contributed by atoms with Crippen LogP contribution >= 0.6 is 27.5 Å². The van der Waals surface area contributed by atoms with Crippen molar-refractivity contribution < 1.29 is 5.11 Å². The second-order valence-electron chi connectivity index (χ2n) is 4.25. The Morgan fingerprint density at radius 1 is 1.26 bits per heavy atom. The summed E-state index contributed by atoms with van der Waals surface area (Å²) in [4.78, 5) is 0. The van der Waals surface area contributed by atoms with E-state index in [1.807, 2.05) is 12.1 Å². The van der Waals surface area contributed by atoms with Gasteiger partial charge in [-0.2, -0.15) is 0 Å². The average molecular weight is 341 g/mol. The number of hydrogen-bond acceptors (Lipinski definition) is 2. The summed E-state index contributed by atoms with van der Waals surface area (Å²) in [5, 5.41) is 13.7. The maximum Gasteiger partial charge on any atom is 0.122 e. The summed E-state index contributed by atoms with van der Waals surface area (Å²) in [6, 6.07) is 11.3. The van der Waals surface area contributed by atoms with E-state index in [2.05, 4.69) is 34.2 Å². The van der Waals surface area contributed by atoms with Crippen LogP contribution in [0.2, 0.25) is 5.02 Å². The van der Waals surface area contributed by atoms with E-state index in [1.54, 1.807) is 18.2 Å². The summed E-state index contributed by atoms with van der Waals surface area (Å²) in [5.41, 5.74) is 3.00. The van der Waals surface area contributed by atoms with Gasteiger partial charge in [-0.3, -0.25) is 0 Å². The van der Waals surface area contributed by atoms with E-state index in [4.69, 9.17) is 11.6 Å². The number of phenolic OH excluding ortho intramolecular Hbond substituents is 1. The Bertz CT molecular complexity index is 566. The molecular weight excluding hydrogens is 326 g/mol. The van der Waals surface area contributed by atoms with Crippen LogP contribution in [-0.2, 0) is 13.0 Å². The lowest BCUT2D eigenvalue weighted by atomic mass is 10.1. The minimum absolute atomic E-state index is 0.218. The highest BCUT2D eigenvalue weighted by atomic mass is 79.9. The third-order valence-electron chi connectivity index (χ3n) is 3.00. The van der Waals surface area contributed by atoms with E-state index in [-0.39, 0.29) is 5.75 Å². The van der Waals surface area contributed by atoms with Gasteiger partial charge < -0.3 is 10.4 Å². The first kappa shape index (κ1) is 14.2. The van der Waals surface area contributed by atoms with Crippen molar-refractivity contribution in [1.29, 1.82) is 0 Å². The van der Waals surface area contributed by atoms with Gasteiger partial charge in [0, 0.05) is 27.3 Å². The van der Waals surface area contributed by atoms with Crippen molar-refractivity contribution in [2.45, 2.75) is 19.9 Å². The number of aromatic hydroxyl groups is 1. The zero-order valence-corrected chi connectivity index (χ0v) is 12.9. The van der Waals surface area contributed by atoms with Gasteiger partial charge >= 0.3 is 0 Å². The molecule has 2 rings (SSSR count). The predicted molar refractivity (Wildman–Crippen MR) is 84.0 cm³/mol. The monoisotopic (exact) mass is 339 g/mol. The molecule has 4 heteroatoms. The number of phenols is 1. The first-order valence-electron chi connectivity index (χ1n) is 6.10. The summed E-state index contributed by atoms with van der Waals surface area (Å²) in [6.45, 7) is 2.61. The van der Waals surface area contributed by atoms with Gasteiger partial charge in [0.15, 0.2) is 0 Å². The van der Waals surface area contributed by atoms with Gasteiger partial charge in [-0.15, -0.1) is 0 Å². The van der Waals surface area contributed by atoms with Crippen LogP contribution in [0.5, 0.6) is 5.75 Å². The van der Waals surface area contributed by atoms with E-state index < -0.39 is 0 Å². The highest BCUT2D eigenvalue weighted by Crippen LogP contribution is 2.27. The summed E-state index contributed by atoms with van der Waals surface area (Å²) < 4.78 is 1.07. The molecule has 0 atom stereocenters. The van der Waals surface area contributed by atoms with Crippen LogP contribution in [-0.4, -0.2) is 5.11 Å². The van der Waals surface area contributed by atoms with Gasteiger partial charge in [0.25, 0.3) is 0 Å². The quantitative estimate of drug-likeness (QED) is 0.822. The maximum atomic E-state index is 9.81. The molecule has 2 N–H and O–H groups in total. The van der Waals surface area contributed by atoms with Crippen molar-refractivity contribution in [3.8, 4) is 5.75 Å². The number of aryl methyl sites for hydroxylation is 1. The van der Waals surface area contributed by atoms with Gasteiger partial charge in [-0.05, 0) is 42.3 Å². The third kappa shape index (κ3) is 3.43. The highest BCUT2D eigenvalue weighted by molar-refractivity contribution is 9.10. The molecule has 0 aliphatic carbocycles. The molecule has 0 spiro atoms. The van der Waals surface area contributed by atoms with E-state index in [9.17, 15) is 5.11 Å². The second kappa shape index (κ2) is 6.31. The van der Waals surface area contributed by atoms with Crippen LogP contribution in [0.3, 0.4) is 0 Å². The van der Waals surface area contributed by atoms with Crippen LogP contribution in [0, 0.1) is 0 Å². The van der Waals surface area contributed by atoms with Crippen molar-refractivity contribution in [1.82, 2.24) is 0 Å². The topological polar surface area (TPSA) is 32.3 Å². The normalized spacial score (nSPS) is 10.5. The molecule has 0 radical (unpaired) electrons. The molecule has 0 aliphatic rings. The van der Waals surface area contributed by atoms with E-state index in [1.165, 1.54) is 5.56 Å². The molecule has 2 aromatic rings. The molecular formula is C15H15BrClNO. The van der Waals surface area contributed by atoms with Crippen molar-refractivity contribution in [3.05, 3.63) is 57.0 Å². The Labute approximate surface area is 126 Å². The first-order valence-corrected chi connectivity index (χ1v) is 7.27. The fourth-order valence-corrected chi connectivity index (χ4v) is 2.58. The van der Waals surface area contributed by atoms with Crippen molar-refractivity contribution >= 4 is 33.2 Å². The second-order valence-corrected chi connectivity index (χ2v) is 5.57. The molecule has 0 saturated heterocycles. The number of rotatable bonds is 4. The zero-order chi connectivity index (χ0) is 13.8. The molecule has 0 aromatic heterocycles. The lowest BCUT2D eigenvalue weighted by Crippen LogP contribution is -2.03. The number of nitrogens with one attached hydrogen (secondary N) is 1. The van der Waals surface area contributed by atoms with Gasteiger partial charge in [-0.1, -0.05) is 40.5 Å². The van der Waals surface area contributed by atoms with Gasteiger partial charge in [0.05, 0.1) is 0 Å². The highest BCUT2D eigenvalue weighted by Gasteiger charge is 2.07. The van der Waals surface area contributed by atoms with Crippen LogP contribution < -0.4 is 5.32 Å². The Morgan fingerprint density at radius 3 is 2.74 bits per heavy atom. The molecule has 19 heavy (non-hydrogen) atoms. The first-order chi connectivity index (χ1) is 9.11. The van der Waals surface area contributed by atoms with Crippen LogP contribution in [0.25, 0.3) is 0 Å².